The summed E-state index contributed by atoms with van der Waals surface area (Å²) in [5, 5.41) is 0. The Bertz CT molecular complexity index is 954. The molecule has 0 aromatic heterocycles. The molecule has 29 heavy (non-hydrogen) atoms. The molecule has 0 spiro atoms. The molecule has 0 radical (unpaired) electrons. The normalized spacial score (nSPS) is 13.5. The molecule has 9 nitrogen and oxygen atoms in total. The standard InChI is InChI=1S/C20H17N3O6/c1-12(17(25)21-22-18(26)13-7-3-2-4-8-13)29-16(24)11-23-19(27)14-9-5-6-10-15(14)20(23)28/h2-10,12H,11H2,1H3,(H,21,25)(H,22,26)/t12-/m0/s1. The van der Waals surface area contributed by atoms with Crippen molar-refractivity contribution in [2.75, 3.05) is 6.54 Å². The largest absolute Gasteiger partial charge is 0.451 e. The van der Waals surface area contributed by atoms with Crippen molar-refractivity contribution >= 4 is 29.6 Å². The molecule has 148 valence electrons. The molecule has 2 aromatic carbocycles. The first-order chi connectivity index (χ1) is 13.9. The summed E-state index contributed by atoms with van der Waals surface area (Å²) in [5.41, 5.74) is 5.10. The highest BCUT2D eigenvalue weighted by Gasteiger charge is 2.37. The smallest absolute Gasteiger partial charge is 0.326 e. The number of hydrogen-bond acceptors (Lipinski definition) is 6. The lowest BCUT2D eigenvalue weighted by molar-refractivity contribution is -0.155. The molecule has 3 rings (SSSR count). The topological polar surface area (TPSA) is 122 Å². The Hall–Kier alpha value is -4.01. The molecule has 0 bridgehead atoms. The summed E-state index contributed by atoms with van der Waals surface area (Å²) in [7, 11) is 0. The lowest BCUT2D eigenvalue weighted by Gasteiger charge is -2.17. The number of imide groups is 1. The zero-order valence-electron chi connectivity index (χ0n) is 15.4. The monoisotopic (exact) mass is 395 g/mol. The van der Waals surface area contributed by atoms with Crippen LogP contribution in [0.15, 0.2) is 54.6 Å². The number of nitrogens with one attached hydrogen (secondary N) is 2. The van der Waals surface area contributed by atoms with Crippen LogP contribution in [0.4, 0.5) is 0 Å². The molecular formula is C20H17N3O6. The number of nitrogens with zero attached hydrogens (tertiary/aromatic N) is 1. The molecule has 0 saturated heterocycles. The van der Waals surface area contributed by atoms with Crippen LogP contribution in [0.3, 0.4) is 0 Å². The number of hydrogen-bond donors (Lipinski definition) is 2. The van der Waals surface area contributed by atoms with E-state index in [9.17, 15) is 24.0 Å². The Labute approximate surface area is 165 Å². The van der Waals surface area contributed by atoms with Gasteiger partial charge in [-0.1, -0.05) is 30.3 Å². The minimum absolute atomic E-state index is 0.208. The van der Waals surface area contributed by atoms with Crippen molar-refractivity contribution < 1.29 is 28.7 Å². The third-order valence-electron chi connectivity index (χ3n) is 4.18. The SMILES string of the molecule is C[C@H](OC(=O)CN1C(=O)c2ccccc2C1=O)C(=O)NNC(=O)c1ccccc1. The number of hydrazine groups is 1. The third-order valence-corrected chi connectivity index (χ3v) is 4.18. The van der Waals surface area contributed by atoms with Crippen molar-refractivity contribution in [3.05, 3.63) is 71.3 Å². The predicted molar refractivity (Wildman–Crippen MR) is 99.4 cm³/mol. The summed E-state index contributed by atoms with van der Waals surface area (Å²) in [4.78, 5) is 61.2. The predicted octanol–water partition coefficient (Wildman–Crippen LogP) is 0.676. The van der Waals surface area contributed by atoms with Gasteiger partial charge in [0.2, 0.25) is 0 Å². The number of rotatable bonds is 5. The van der Waals surface area contributed by atoms with Crippen LogP contribution in [0.2, 0.25) is 0 Å². The van der Waals surface area contributed by atoms with E-state index in [-0.39, 0.29) is 11.1 Å². The highest BCUT2D eigenvalue weighted by molar-refractivity contribution is 6.22. The number of ether oxygens (including phenoxy) is 1. The fraction of sp³-hybridized carbons (Fsp3) is 0.150. The maximum atomic E-state index is 12.2. The van der Waals surface area contributed by atoms with Gasteiger partial charge in [0.05, 0.1) is 11.1 Å². The van der Waals surface area contributed by atoms with Crippen molar-refractivity contribution in [3.63, 3.8) is 0 Å². The van der Waals surface area contributed by atoms with Gasteiger partial charge in [-0.3, -0.25) is 39.7 Å². The summed E-state index contributed by atoms with van der Waals surface area (Å²) in [6, 6.07) is 14.4. The number of esters is 1. The molecule has 1 atom stereocenters. The Morgan fingerprint density at radius 2 is 1.45 bits per heavy atom. The van der Waals surface area contributed by atoms with Crippen LogP contribution in [0, 0.1) is 0 Å². The number of carbonyl (C=O) groups excluding carboxylic acids is 5. The molecule has 1 aliphatic heterocycles. The molecule has 1 heterocycles. The lowest BCUT2D eigenvalue weighted by atomic mass is 10.1. The van der Waals surface area contributed by atoms with E-state index in [1.54, 1.807) is 42.5 Å². The van der Waals surface area contributed by atoms with Crippen molar-refractivity contribution in [1.29, 1.82) is 0 Å². The maximum absolute atomic E-state index is 12.2. The van der Waals surface area contributed by atoms with E-state index in [4.69, 9.17) is 4.74 Å². The average Bonchev–Trinajstić information content (AvgIpc) is 2.97. The van der Waals surface area contributed by atoms with Gasteiger partial charge in [-0.25, -0.2) is 0 Å². The minimum Gasteiger partial charge on any atom is -0.451 e. The molecule has 9 heteroatoms. The van der Waals surface area contributed by atoms with Gasteiger partial charge in [-0.15, -0.1) is 0 Å². The molecule has 0 saturated carbocycles. The third kappa shape index (κ3) is 4.29. The average molecular weight is 395 g/mol. The maximum Gasteiger partial charge on any atom is 0.326 e. The molecule has 2 aromatic rings. The van der Waals surface area contributed by atoms with Crippen molar-refractivity contribution in [1.82, 2.24) is 15.8 Å². The van der Waals surface area contributed by atoms with E-state index < -0.39 is 42.2 Å². The molecular weight excluding hydrogens is 378 g/mol. The molecule has 0 unspecified atom stereocenters. The molecule has 1 aliphatic rings. The zero-order valence-corrected chi connectivity index (χ0v) is 15.4. The second kappa shape index (κ2) is 8.34. The Kier molecular flexibility index (Phi) is 5.68. The first kappa shape index (κ1) is 19.7. The van der Waals surface area contributed by atoms with E-state index in [0.29, 0.717) is 5.56 Å². The van der Waals surface area contributed by atoms with Crippen LogP contribution < -0.4 is 10.9 Å². The summed E-state index contributed by atoms with van der Waals surface area (Å²) in [6.07, 6.45) is -1.26. The number of amides is 4. The second-order valence-electron chi connectivity index (χ2n) is 6.18. The summed E-state index contributed by atoms with van der Waals surface area (Å²) in [5.74, 6) is -3.45. The van der Waals surface area contributed by atoms with Gasteiger partial charge < -0.3 is 4.74 Å². The number of carbonyl (C=O) groups is 5. The Balaban J connectivity index is 1.50. The van der Waals surface area contributed by atoms with Gasteiger partial charge in [0.15, 0.2) is 6.10 Å². The molecule has 2 N–H and O–H groups in total. The highest BCUT2D eigenvalue weighted by Crippen LogP contribution is 2.22. The highest BCUT2D eigenvalue weighted by atomic mass is 16.5. The summed E-state index contributed by atoms with van der Waals surface area (Å²) < 4.78 is 4.96. The zero-order chi connectivity index (χ0) is 21.0. The number of fused-ring (bicyclic) bond motifs is 1. The second-order valence-corrected chi connectivity index (χ2v) is 6.18. The van der Waals surface area contributed by atoms with Crippen molar-refractivity contribution in [2.45, 2.75) is 13.0 Å². The van der Waals surface area contributed by atoms with Gasteiger partial charge in [0.25, 0.3) is 23.6 Å². The van der Waals surface area contributed by atoms with Crippen LogP contribution in [0.25, 0.3) is 0 Å². The number of benzene rings is 2. The van der Waals surface area contributed by atoms with Crippen LogP contribution in [0.1, 0.15) is 38.0 Å². The van der Waals surface area contributed by atoms with E-state index in [2.05, 4.69) is 10.9 Å². The van der Waals surface area contributed by atoms with Crippen LogP contribution in [0.5, 0.6) is 0 Å². The van der Waals surface area contributed by atoms with Crippen molar-refractivity contribution in [2.24, 2.45) is 0 Å². The Morgan fingerprint density at radius 1 is 0.897 bits per heavy atom. The van der Waals surface area contributed by atoms with Gasteiger partial charge in [-0.2, -0.15) is 0 Å². The first-order valence-electron chi connectivity index (χ1n) is 8.68. The van der Waals surface area contributed by atoms with E-state index in [1.165, 1.54) is 19.1 Å². The van der Waals surface area contributed by atoms with Crippen LogP contribution >= 0.6 is 0 Å². The van der Waals surface area contributed by atoms with Gasteiger partial charge in [-0.05, 0) is 31.2 Å². The summed E-state index contributed by atoms with van der Waals surface area (Å²) >= 11 is 0. The summed E-state index contributed by atoms with van der Waals surface area (Å²) in [6.45, 7) is 0.671. The van der Waals surface area contributed by atoms with E-state index in [1.807, 2.05) is 0 Å². The Morgan fingerprint density at radius 3 is 2.03 bits per heavy atom. The van der Waals surface area contributed by atoms with E-state index >= 15 is 0 Å². The molecule has 0 aliphatic carbocycles. The van der Waals surface area contributed by atoms with E-state index in [0.717, 1.165) is 4.90 Å². The lowest BCUT2D eigenvalue weighted by Crippen LogP contribution is -2.47. The van der Waals surface area contributed by atoms with Gasteiger partial charge in [0, 0.05) is 5.56 Å². The quantitative estimate of drug-likeness (QED) is 0.436. The minimum atomic E-state index is -1.26. The van der Waals surface area contributed by atoms with Gasteiger partial charge >= 0.3 is 5.97 Å². The van der Waals surface area contributed by atoms with Crippen LogP contribution in [-0.2, 0) is 14.3 Å². The first-order valence-corrected chi connectivity index (χ1v) is 8.68. The van der Waals surface area contributed by atoms with Crippen molar-refractivity contribution in [3.8, 4) is 0 Å². The molecule has 0 fully saturated rings. The fourth-order valence-electron chi connectivity index (χ4n) is 2.68. The molecule has 4 amide bonds. The fourth-order valence-corrected chi connectivity index (χ4v) is 2.68. The van der Waals surface area contributed by atoms with Crippen LogP contribution in [-0.4, -0.2) is 47.1 Å². The van der Waals surface area contributed by atoms with Gasteiger partial charge in [0.1, 0.15) is 6.54 Å².